The maximum Gasteiger partial charge on any atom is 0.312 e. The van der Waals surface area contributed by atoms with Crippen molar-refractivity contribution in [2.45, 2.75) is 60.0 Å². The van der Waals surface area contributed by atoms with Crippen LogP contribution in [0, 0.1) is 12.3 Å². The van der Waals surface area contributed by atoms with E-state index in [1.807, 2.05) is 56.3 Å². The van der Waals surface area contributed by atoms with Crippen molar-refractivity contribution < 1.29 is 9.53 Å². The molecule has 2 aromatic carbocycles. The van der Waals surface area contributed by atoms with Gasteiger partial charge in [-0.3, -0.25) is 4.79 Å². The van der Waals surface area contributed by atoms with Crippen molar-refractivity contribution in [2.24, 2.45) is 5.41 Å². The van der Waals surface area contributed by atoms with Gasteiger partial charge in [0.05, 0.1) is 16.8 Å². The van der Waals surface area contributed by atoms with E-state index < -0.39 is 5.41 Å². The van der Waals surface area contributed by atoms with E-state index in [1.54, 1.807) is 0 Å². The summed E-state index contributed by atoms with van der Waals surface area (Å²) in [7, 11) is 0. The second-order valence-electron chi connectivity index (χ2n) is 10.7. The minimum absolute atomic E-state index is 0.184. The van der Waals surface area contributed by atoms with Gasteiger partial charge in [0.15, 0.2) is 0 Å². The minimum atomic E-state index is -0.742. The number of pyridine rings is 1. The third-order valence-corrected chi connectivity index (χ3v) is 7.03. The lowest BCUT2D eigenvalue weighted by Crippen LogP contribution is -2.29. The molecule has 3 aromatic heterocycles. The van der Waals surface area contributed by atoms with Crippen LogP contribution < -0.4 is 0 Å². The molecule has 0 radical (unpaired) electrons. The van der Waals surface area contributed by atoms with Crippen molar-refractivity contribution in [1.82, 2.24) is 30.0 Å². The molecule has 3 heterocycles. The van der Waals surface area contributed by atoms with Gasteiger partial charge in [0.2, 0.25) is 5.82 Å². The number of nitrogens with zero attached hydrogens (tertiary/aromatic N) is 5. The van der Waals surface area contributed by atoms with Gasteiger partial charge in [0.1, 0.15) is 12.3 Å². The number of aryl methyl sites for hydroxylation is 2. The number of nitrogens with one attached hydrogen (secondary N) is 1. The standard InChI is InChI=1S/C31H34N6O2/c1-5-6-12-24-19-37-25(15-13-21(2)29(37)32-24)20-39-30(38)31(3,4)18-22-14-16-26(23-10-8-7-9-11-23)27(17-22)28-33-35-36-34-28/h7-11,13-17,19H,5-6,12,18,20H2,1-4H3,(H,33,34,35,36). The number of unbranched alkanes of at least 4 members (excludes halogenated alkanes) is 1. The van der Waals surface area contributed by atoms with Gasteiger partial charge in [-0.15, -0.1) is 10.2 Å². The Labute approximate surface area is 228 Å². The molecular weight excluding hydrogens is 488 g/mol. The molecule has 0 saturated heterocycles. The number of tetrazole rings is 1. The van der Waals surface area contributed by atoms with Crippen LogP contribution in [0.1, 0.15) is 56.1 Å². The van der Waals surface area contributed by atoms with Crippen LogP contribution in [-0.2, 0) is 29.0 Å². The van der Waals surface area contributed by atoms with E-state index in [1.165, 1.54) is 0 Å². The first-order chi connectivity index (χ1) is 18.9. The lowest BCUT2D eigenvalue weighted by molar-refractivity contribution is -0.155. The lowest BCUT2D eigenvalue weighted by atomic mass is 9.84. The molecule has 8 nitrogen and oxygen atoms in total. The van der Waals surface area contributed by atoms with E-state index >= 15 is 0 Å². The molecule has 0 spiro atoms. The van der Waals surface area contributed by atoms with Crippen LogP contribution in [0.15, 0.2) is 66.9 Å². The number of carbonyl (C=O) groups excluding carboxylic acids is 1. The molecule has 0 amide bonds. The normalized spacial score (nSPS) is 11.7. The van der Waals surface area contributed by atoms with Gasteiger partial charge in [0.25, 0.3) is 0 Å². The number of esters is 1. The van der Waals surface area contributed by atoms with Crippen molar-refractivity contribution in [3.05, 3.63) is 89.4 Å². The Bertz CT molecular complexity index is 1570. The average molecular weight is 523 g/mol. The van der Waals surface area contributed by atoms with E-state index in [9.17, 15) is 4.79 Å². The molecule has 8 heteroatoms. The smallest absolute Gasteiger partial charge is 0.312 e. The van der Waals surface area contributed by atoms with Crippen LogP contribution in [-0.4, -0.2) is 36.0 Å². The molecule has 0 aliphatic carbocycles. The summed E-state index contributed by atoms with van der Waals surface area (Å²) in [4.78, 5) is 18.1. The molecule has 0 unspecified atom stereocenters. The Morgan fingerprint density at radius 2 is 1.87 bits per heavy atom. The summed E-state index contributed by atoms with van der Waals surface area (Å²) in [6, 6.07) is 20.3. The number of rotatable bonds is 10. The van der Waals surface area contributed by atoms with Crippen LogP contribution in [0.25, 0.3) is 28.2 Å². The van der Waals surface area contributed by atoms with Crippen molar-refractivity contribution in [2.75, 3.05) is 0 Å². The molecule has 0 bridgehead atoms. The van der Waals surface area contributed by atoms with Crippen LogP contribution in [0.5, 0.6) is 0 Å². The van der Waals surface area contributed by atoms with Crippen molar-refractivity contribution in [3.63, 3.8) is 0 Å². The fraction of sp³-hybridized carbons (Fsp3) is 0.323. The Balaban J connectivity index is 1.34. The van der Waals surface area contributed by atoms with Crippen LogP contribution >= 0.6 is 0 Å². The van der Waals surface area contributed by atoms with E-state index in [-0.39, 0.29) is 12.6 Å². The predicted molar refractivity (Wildman–Crippen MR) is 151 cm³/mol. The summed E-state index contributed by atoms with van der Waals surface area (Å²) >= 11 is 0. The fourth-order valence-corrected chi connectivity index (χ4v) is 4.85. The highest BCUT2D eigenvalue weighted by Gasteiger charge is 2.30. The molecule has 0 aliphatic rings. The number of ether oxygens (including phenoxy) is 1. The van der Waals surface area contributed by atoms with Crippen LogP contribution in [0.3, 0.4) is 0 Å². The Morgan fingerprint density at radius 3 is 2.62 bits per heavy atom. The number of benzene rings is 2. The second-order valence-corrected chi connectivity index (χ2v) is 10.7. The van der Waals surface area contributed by atoms with Crippen molar-refractivity contribution >= 4 is 11.6 Å². The van der Waals surface area contributed by atoms with E-state index in [4.69, 9.17) is 9.72 Å². The van der Waals surface area contributed by atoms with Gasteiger partial charge in [-0.1, -0.05) is 61.9 Å². The summed E-state index contributed by atoms with van der Waals surface area (Å²) in [6.45, 7) is 8.25. The number of imidazole rings is 1. The third-order valence-electron chi connectivity index (χ3n) is 7.03. The topological polar surface area (TPSA) is 98.1 Å². The minimum Gasteiger partial charge on any atom is -0.459 e. The second kappa shape index (κ2) is 11.2. The third kappa shape index (κ3) is 5.74. The molecule has 5 aromatic rings. The molecule has 0 saturated carbocycles. The quantitative estimate of drug-likeness (QED) is 0.221. The number of aromatic nitrogens is 6. The first-order valence-electron chi connectivity index (χ1n) is 13.4. The molecule has 0 aliphatic heterocycles. The highest BCUT2D eigenvalue weighted by atomic mass is 16.5. The largest absolute Gasteiger partial charge is 0.459 e. The monoisotopic (exact) mass is 522 g/mol. The van der Waals surface area contributed by atoms with Gasteiger partial charge in [-0.2, -0.15) is 5.21 Å². The number of fused-ring (bicyclic) bond motifs is 1. The Morgan fingerprint density at radius 1 is 1.05 bits per heavy atom. The van der Waals surface area contributed by atoms with Gasteiger partial charge in [-0.25, -0.2) is 4.98 Å². The highest BCUT2D eigenvalue weighted by molar-refractivity contribution is 5.81. The summed E-state index contributed by atoms with van der Waals surface area (Å²) in [6.07, 6.45) is 5.74. The zero-order valence-electron chi connectivity index (χ0n) is 22.9. The van der Waals surface area contributed by atoms with E-state index in [0.29, 0.717) is 12.2 Å². The average Bonchev–Trinajstić information content (AvgIpc) is 3.63. The van der Waals surface area contributed by atoms with Crippen molar-refractivity contribution in [3.8, 4) is 22.5 Å². The maximum absolute atomic E-state index is 13.3. The van der Waals surface area contributed by atoms with Crippen molar-refractivity contribution in [1.29, 1.82) is 0 Å². The molecule has 0 fully saturated rings. The first kappa shape index (κ1) is 26.3. The summed E-state index contributed by atoms with van der Waals surface area (Å²) in [5, 5.41) is 14.7. The maximum atomic E-state index is 13.3. The molecule has 39 heavy (non-hydrogen) atoms. The summed E-state index contributed by atoms with van der Waals surface area (Å²) < 4.78 is 7.93. The first-order valence-corrected chi connectivity index (χ1v) is 13.4. The van der Waals surface area contributed by atoms with E-state index in [0.717, 1.165) is 64.1 Å². The predicted octanol–water partition coefficient (Wildman–Crippen LogP) is 6.14. The van der Waals surface area contributed by atoms with Gasteiger partial charge in [0, 0.05) is 11.8 Å². The number of hydrogen-bond donors (Lipinski definition) is 1. The molecule has 5 rings (SSSR count). The van der Waals surface area contributed by atoms with Crippen LogP contribution in [0.4, 0.5) is 0 Å². The highest BCUT2D eigenvalue weighted by Crippen LogP contribution is 2.33. The SMILES string of the molecule is CCCCc1cn2c(COC(=O)C(C)(C)Cc3ccc(-c4ccccc4)c(-c4nn[nH]n4)c3)ccc(C)c2n1. The zero-order valence-corrected chi connectivity index (χ0v) is 22.9. The fourth-order valence-electron chi connectivity index (χ4n) is 4.85. The zero-order chi connectivity index (χ0) is 27.4. The van der Waals surface area contributed by atoms with Gasteiger partial charge >= 0.3 is 5.97 Å². The Hall–Kier alpha value is -4.33. The van der Waals surface area contributed by atoms with Gasteiger partial charge in [-0.05, 0) is 79.6 Å². The molecule has 200 valence electrons. The molecule has 0 atom stereocenters. The number of H-pyrrole nitrogens is 1. The van der Waals surface area contributed by atoms with Crippen LogP contribution in [0.2, 0.25) is 0 Å². The molecule has 1 N–H and O–H groups in total. The Kier molecular flexibility index (Phi) is 7.54. The number of carbonyl (C=O) groups is 1. The number of hydrogen-bond acceptors (Lipinski definition) is 6. The summed E-state index contributed by atoms with van der Waals surface area (Å²) in [5.41, 5.74) is 7.16. The lowest BCUT2D eigenvalue weighted by Gasteiger charge is -2.23. The van der Waals surface area contributed by atoms with E-state index in [2.05, 4.69) is 63.3 Å². The summed E-state index contributed by atoms with van der Waals surface area (Å²) in [5.74, 6) is 0.258. The van der Waals surface area contributed by atoms with Gasteiger partial charge < -0.3 is 9.14 Å². The molecular formula is C31H34N6O2. The number of aromatic amines is 1.